The Morgan fingerprint density at radius 1 is 1.00 bits per heavy atom. The number of aliphatic imine (C=N–C) groups is 1. The standard InChI is InChI=1S/C42H52FN5O2/c1-27-26-47(21-19-44-27)40(23-31-22-32-24-37(28(31)2)42(32,3)4)45-34-13-16-36-38(25-34)46-39(17-10-29-8-14-35(50-5)15-9-29)48(41(36)49)20-18-30-6-11-33(43)12-7-30/h6-9,11-16,25,27-28,31-32,37,44H,10,17-24,26H2,1-5H3/t27-,28+,31?,32-,37-/m0/s1. The van der Waals surface area contributed by atoms with E-state index in [1.165, 1.54) is 30.8 Å². The van der Waals surface area contributed by atoms with Crippen LogP contribution in [0.25, 0.3) is 10.9 Å². The van der Waals surface area contributed by atoms with Crippen LogP contribution in [0.5, 0.6) is 5.75 Å². The van der Waals surface area contributed by atoms with E-state index in [0.29, 0.717) is 53.6 Å². The van der Waals surface area contributed by atoms with Crippen molar-refractivity contribution in [3.63, 3.8) is 0 Å². The van der Waals surface area contributed by atoms with Gasteiger partial charge in [0.1, 0.15) is 23.2 Å². The number of benzene rings is 3. The Morgan fingerprint density at radius 3 is 2.44 bits per heavy atom. The van der Waals surface area contributed by atoms with Crippen molar-refractivity contribution in [1.82, 2.24) is 19.8 Å². The molecule has 2 heterocycles. The molecule has 1 aliphatic heterocycles. The minimum atomic E-state index is -0.264. The smallest absolute Gasteiger partial charge is 0.261 e. The lowest BCUT2D eigenvalue weighted by molar-refractivity contribution is -0.127. The molecule has 2 bridgehead atoms. The van der Waals surface area contributed by atoms with Gasteiger partial charge in [-0.2, -0.15) is 0 Å². The summed E-state index contributed by atoms with van der Waals surface area (Å²) in [6.07, 6.45) is 5.59. The second kappa shape index (κ2) is 14.3. The van der Waals surface area contributed by atoms with Crippen LogP contribution in [0.3, 0.4) is 0 Å². The Morgan fingerprint density at radius 2 is 1.74 bits per heavy atom. The van der Waals surface area contributed by atoms with E-state index in [1.54, 1.807) is 19.2 Å². The van der Waals surface area contributed by atoms with Crippen LogP contribution in [-0.4, -0.2) is 53.1 Å². The molecule has 0 radical (unpaired) electrons. The number of aryl methyl sites for hydroxylation is 3. The first-order valence-corrected chi connectivity index (χ1v) is 18.6. The number of hydrogen-bond donors (Lipinski definition) is 1. The zero-order valence-corrected chi connectivity index (χ0v) is 30.3. The largest absolute Gasteiger partial charge is 0.497 e. The number of halogens is 1. The van der Waals surface area contributed by atoms with Crippen LogP contribution >= 0.6 is 0 Å². The first-order chi connectivity index (χ1) is 24.1. The second-order valence-electron chi connectivity index (χ2n) is 15.7. The molecule has 8 rings (SSSR count). The molecule has 0 spiro atoms. The number of methoxy groups -OCH3 is 1. The lowest BCUT2D eigenvalue weighted by Crippen LogP contribution is -2.56. The summed E-state index contributed by atoms with van der Waals surface area (Å²) in [6, 6.07) is 20.9. The second-order valence-corrected chi connectivity index (χ2v) is 15.7. The van der Waals surface area contributed by atoms with Gasteiger partial charge in [0, 0.05) is 45.1 Å². The van der Waals surface area contributed by atoms with Gasteiger partial charge in [0.15, 0.2) is 0 Å². The van der Waals surface area contributed by atoms with Crippen molar-refractivity contribution in [3.8, 4) is 5.75 Å². The number of aromatic nitrogens is 2. The van der Waals surface area contributed by atoms with Crippen LogP contribution in [0.15, 0.2) is 76.5 Å². The number of hydrogen-bond acceptors (Lipinski definition) is 5. The highest BCUT2D eigenvalue weighted by Crippen LogP contribution is 2.63. The van der Waals surface area contributed by atoms with E-state index in [2.05, 4.69) is 50.0 Å². The predicted molar refractivity (Wildman–Crippen MR) is 200 cm³/mol. The van der Waals surface area contributed by atoms with Gasteiger partial charge in [-0.15, -0.1) is 0 Å². The van der Waals surface area contributed by atoms with Crippen molar-refractivity contribution in [2.75, 3.05) is 26.7 Å². The van der Waals surface area contributed by atoms with Crippen LogP contribution in [0.2, 0.25) is 0 Å². The molecule has 1 saturated heterocycles. The van der Waals surface area contributed by atoms with Crippen molar-refractivity contribution in [2.24, 2.45) is 34.1 Å². The number of piperazine rings is 1. The SMILES string of the molecule is COc1ccc(CCc2nc3cc(N=C(CC4C[C@H]5C[C@@H]([C@@H]4C)C5(C)C)N4CCN[C@@H](C)C4)ccc3c(=O)n2CCc2ccc(F)cc2)cc1. The maximum Gasteiger partial charge on any atom is 0.261 e. The van der Waals surface area contributed by atoms with Gasteiger partial charge in [0.25, 0.3) is 5.56 Å². The summed E-state index contributed by atoms with van der Waals surface area (Å²) in [5.74, 6) is 5.38. The Balaban J connectivity index is 1.21. The van der Waals surface area contributed by atoms with Gasteiger partial charge < -0.3 is 15.0 Å². The van der Waals surface area contributed by atoms with Crippen molar-refractivity contribution in [3.05, 3.63) is 99.9 Å². The van der Waals surface area contributed by atoms with E-state index in [4.69, 9.17) is 14.7 Å². The molecule has 0 amide bonds. The fourth-order valence-corrected chi connectivity index (χ4v) is 9.01. The highest BCUT2D eigenvalue weighted by atomic mass is 19.1. The molecular formula is C42H52FN5O2. The fraction of sp³-hybridized carbons (Fsp3) is 0.500. The molecular weight excluding hydrogens is 625 g/mol. The summed E-state index contributed by atoms with van der Waals surface area (Å²) in [5, 5.41) is 4.19. The number of rotatable bonds is 10. The van der Waals surface area contributed by atoms with E-state index >= 15 is 0 Å². The van der Waals surface area contributed by atoms with Crippen molar-refractivity contribution in [2.45, 2.75) is 78.8 Å². The number of fused-ring (bicyclic) bond motifs is 3. The summed E-state index contributed by atoms with van der Waals surface area (Å²) in [7, 11) is 1.67. The van der Waals surface area contributed by atoms with Gasteiger partial charge in [-0.05, 0) is 115 Å². The number of amidine groups is 1. The van der Waals surface area contributed by atoms with E-state index in [0.717, 1.165) is 72.7 Å². The van der Waals surface area contributed by atoms with E-state index < -0.39 is 0 Å². The zero-order chi connectivity index (χ0) is 35.0. The minimum absolute atomic E-state index is 0.0496. The van der Waals surface area contributed by atoms with Gasteiger partial charge in [0.05, 0.1) is 23.7 Å². The van der Waals surface area contributed by atoms with Crippen LogP contribution in [0, 0.1) is 34.9 Å². The van der Waals surface area contributed by atoms with Crippen LogP contribution in [0.1, 0.15) is 63.9 Å². The van der Waals surface area contributed by atoms with Crippen LogP contribution < -0.4 is 15.6 Å². The Bertz CT molecular complexity index is 1900. The lowest BCUT2D eigenvalue weighted by Gasteiger charge is -2.62. The van der Waals surface area contributed by atoms with Gasteiger partial charge in [-0.3, -0.25) is 9.36 Å². The number of nitrogens with zero attached hydrogens (tertiary/aromatic N) is 4. The average Bonchev–Trinajstić information content (AvgIpc) is 3.11. The third-order valence-corrected chi connectivity index (χ3v) is 12.3. The molecule has 4 fully saturated rings. The molecule has 5 atom stereocenters. The molecule has 1 N–H and O–H groups in total. The molecule has 1 aromatic heterocycles. The van der Waals surface area contributed by atoms with E-state index in [-0.39, 0.29) is 11.4 Å². The van der Waals surface area contributed by atoms with Crippen molar-refractivity contribution < 1.29 is 9.13 Å². The summed E-state index contributed by atoms with van der Waals surface area (Å²) in [6.45, 7) is 13.0. The summed E-state index contributed by atoms with van der Waals surface area (Å²) < 4.78 is 20.7. The van der Waals surface area contributed by atoms with Gasteiger partial charge in [0.2, 0.25) is 0 Å². The molecule has 3 aliphatic carbocycles. The maximum absolute atomic E-state index is 14.1. The molecule has 50 heavy (non-hydrogen) atoms. The molecule has 7 nitrogen and oxygen atoms in total. The van der Waals surface area contributed by atoms with Crippen LogP contribution in [0.4, 0.5) is 10.1 Å². The Kier molecular flexibility index (Phi) is 9.84. The van der Waals surface area contributed by atoms with Gasteiger partial charge in [-0.1, -0.05) is 45.0 Å². The molecule has 4 aromatic rings. The molecule has 8 heteroatoms. The van der Waals surface area contributed by atoms with Crippen molar-refractivity contribution in [1.29, 1.82) is 0 Å². The lowest BCUT2D eigenvalue weighted by atomic mass is 9.43. The number of nitrogens with one attached hydrogen (secondary N) is 1. The predicted octanol–water partition coefficient (Wildman–Crippen LogP) is 7.60. The third-order valence-electron chi connectivity index (χ3n) is 12.3. The highest BCUT2D eigenvalue weighted by molar-refractivity contribution is 5.88. The molecule has 3 saturated carbocycles. The number of ether oxygens (including phenoxy) is 1. The molecule has 4 aliphatic rings. The van der Waals surface area contributed by atoms with Gasteiger partial charge in [-0.25, -0.2) is 14.4 Å². The monoisotopic (exact) mass is 677 g/mol. The van der Waals surface area contributed by atoms with Crippen LogP contribution in [-0.2, 0) is 25.8 Å². The molecule has 264 valence electrons. The van der Waals surface area contributed by atoms with Gasteiger partial charge >= 0.3 is 0 Å². The third kappa shape index (κ3) is 7.09. The Labute approximate surface area is 296 Å². The molecule has 1 unspecified atom stereocenters. The summed E-state index contributed by atoms with van der Waals surface area (Å²) in [5.41, 5.74) is 4.07. The topological polar surface area (TPSA) is 71.8 Å². The quantitative estimate of drug-likeness (QED) is 0.138. The van der Waals surface area contributed by atoms with E-state index in [1.807, 2.05) is 34.9 Å². The first-order valence-electron chi connectivity index (χ1n) is 18.6. The van der Waals surface area contributed by atoms with E-state index in [9.17, 15) is 9.18 Å². The van der Waals surface area contributed by atoms with Crippen molar-refractivity contribution >= 4 is 22.4 Å². The normalized spacial score (nSPS) is 24.6. The first kappa shape index (κ1) is 34.4. The zero-order valence-electron chi connectivity index (χ0n) is 30.3. The molecule has 3 aromatic carbocycles. The Hall–Kier alpha value is -4.04. The summed E-state index contributed by atoms with van der Waals surface area (Å²) >= 11 is 0. The minimum Gasteiger partial charge on any atom is -0.497 e. The maximum atomic E-state index is 14.1. The highest BCUT2D eigenvalue weighted by Gasteiger charge is 2.56. The fourth-order valence-electron chi connectivity index (χ4n) is 9.01. The average molecular weight is 678 g/mol. The summed E-state index contributed by atoms with van der Waals surface area (Å²) in [4.78, 5) is 27.1.